The smallest absolute Gasteiger partial charge is 0.239 e. The number of thioether (sulfide) groups is 1. The minimum absolute atomic E-state index is 0.00731. The summed E-state index contributed by atoms with van der Waals surface area (Å²) >= 11 is 7.47. The van der Waals surface area contributed by atoms with Crippen LogP contribution in [-0.4, -0.2) is 16.1 Å². The first-order valence-electron chi connectivity index (χ1n) is 7.33. The molecule has 1 amide bonds. The molecular formula is C17H19ClN2OS. The highest BCUT2D eigenvalue weighted by Gasteiger charge is 2.19. The minimum Gasteiger partial charge on any atom is -0.310 e. The topological polar surface area (TPSA) is 42.0 Å². The Balaban J connectivity index is 2.04. The number of hydrogen-bond acceptors (Lipinski definition) is 3. The second-order valence-corrected chi connectivity index (χ2v) is 6.62. The van der Waals surface area contributed by atoms with Gasteiger partial charge < -0.3 is 5.32 Å². The van der Waals surface area contributed by atoms with Crippen molar-refractivity contribution in [1.82, 2.24) is 4.98 Å². The number of aromatic nitrogens is 1. The van der Waals surface area contributed by atoms with Gasteiger partial charge in [-0.1, -0.05) is 37.4 Å². The SMILES string of the molecule is CCCCC(Sc1ccc(Cl)cc1)C(=O)Nc1ccccn1. The molecule has 2 aromatic rings. The highest BCUT2D eigenvalue weighted by molar-refractivity contribution is 8.00. The predicted octanol–water partition coefficient (Wildman–Crippen LogP) is 5.02. The third-order valence-corrected chi connectivity index (χ3v) is 4.65. The van der Waals surface area contributed by atoms with Crippen molar-refractivity contribution in [2.75, 3.05) is 5.32 Å². The molecule has 1 unspecified atom stereocenters. The number of amides is 1. The van der Waals surface area contributed by atoms with Gasteiger partial charge in [-0.2, -0.15) is 0 Å². The largest absolute Gasteiger partial charge is 0.310 e. The maximum Gasteiger partial charge on any atom is 0.239 e. The first kappa shape index (κ1) is 16.8. The van der Waals surface area contributed by atoms with E-state index in [9.17, 15) is 4.79 Å². The van der Waals surface area contributed by atoms with Crippen LogP contribution in [0.3, 0.4) is 0 Å². The van der Waals surface area contributed by atoms with Crippen LogP contribution in [0.15, 0.2) is 53.6 Å². The van der Waals surface area contributed by atoms with E-state index >= 15 is 0 Å². The lowest BCUT2D eigenvalue weighted by Gasteiger charge is -2.16. The molecular weight excluding hydrogens is 316 g/mol. The number of nitrogens with zero attached hydrogens (tertiary/aromatic N) is 1. The van der Waals surface area contributed by atoms with Crippen LogP contribution in [-0.2, 0) is 4.79 Å². The summed E-state index contributed by atoms with van der Waals surface area (Å²) < 4.78 is 0. The molecule has 0 saturated carbocycles. The van der Waals surface area contributed by atoms with Crippen molar-refractivity contribution >= 4 is 35.1 Å². The molecule has 1 aromatic heterocycles. The molecule has 0 aliphatic carbocycles. The Morgan fingerprint density at radius 2 is 2.05 bits per heavy atom. The molecule has 116 valence electrons. The Hall–Kier alpha value is -1.52. The third kappa shape index (κ3) is 5.35. The summed E-state index contributed by atoms with van der Waals surface area (Å²) in [6, 6.07) is 13.1. The van der Waals surface area contributed by atoms with Gasteiger partial charge in [0.15, 0.2) is 0 Å². The van der Waals surface area contributed by atoms with Gasteiger partial charge in [0.1, 0.15) is 5.82 Å². The van der Waals surface area contributed by atoms with E-state index in [1.54, 1.807) is 24.0 Å². The van der Waals surface area contributed by atoms with E-state index in [1.807, 2.05) is 36.4 Å². The Kier molecular flexibility index (Phi) is 6.74. The van der Waals surface area contributed by atoms with Crippen LogP contribution in [0.25, 0.3) is 0 Å². The summed E-state index contributed by atoms with van der Waals surface area (Å²) in [5, 5.41) is 3.45. The van der Waals surface area contributed by atoms with E-state index in [-0.39, 0.29) is 11.2 Å². The highest BCUT2D eigenvalue weighted by Crippen LogP contribution is 2.28. The predicted molar refractivity (Wildman–Crippen MR) is 93.5 cm³/mol. The van der Waals surface area contributed by atoms with Gasteiger partial charge in [-0.05, 0) is 42.8 Å². The Labute approximate surface area is 140 Å². The zero-order valence-electron chi connectivity index (χ0n) is 12.5. The lowest BCUT2D eigenvalue weighted by molar-refractivity contribution is -0.115. The van der Waals surface area contributed by atoms with E-state index in [0.29, 0.717) is 10.8 Å². The van der Waals surface area contributed by atoms with E-state index in [4.69, 9.17) is 11.6 Å². The summed E-state index contributed by atoms with van der Waals surface area (Å²) in [5.74, 6) is 0.581. The normalized spacial score (nSPS) is 11.9. The van der Waals surface area contributed by atoms with Crippen LogP contribution in [0.4, 0.5) is 5.82 Å². The first-order chi connectivity index (χ1) is 10.7. The lowest BCUT2D eigenvalue weighted by Crippen LogP contribution is -2.25. The molecule has 3 nitrogen and oxygen atoms in total. The molecule has 0 spiro atoms. The monoisotopic (exact) mass is 334 g/mol. The molecule has 2 rings (SSSR count). The van der Waals surface area contributed by atoms with E-state index in [1.165, 1.54) is 0 Å². The van der Waals surface area contributed by atoms with Crippen molar-refractivity contribution in [3.63, 3.8) is 0 Å². The first-order valence-corrected chi connectivity index (χ1v) is 8.59. The Bertz CT molecular complexity index is 589. The van der Waals surface area contributed by atoms with Crippen molar-refractivity contribution in [1.29, 1.82) is 0 Å². The summed E-state index contributed by atoms with van der Waals surface area (Å²) in [7, 11) is 0. The van der Waals surface area contributed by atoms with Crippen LogP contribution in [0.5, 0.6) is 0 Å². The average Bonchev–Trinajstić information content (AvgIpc) is 2.54. The van der Waals surface area contributed by atoms with Crippen LogP contribution in [0, 0.1) is 0 Å². The van der Waals surface area contributed by atoms with Crippen LogP contribution < -0.4 is 5.32 Å². The van der Waals surface area contributed by atoms with Gasteiger partial charge in [0.25, 0.3) is 0 Å². The number of nitrogens with one attached hydrogen (secondary N) is 1. The van der Waals surface area contributed by atoms with Gasteiger partial charge in [-0.15, -0.1) is 11.8 Å². The summed E-state index contributed by atoms with van der Waals surface area (Å²) in [4.78, 5) is 17.7. The number of anilines is 1. The average molecular weight is 335 g/mol. The van der Waals surface area contributed by atoms with Gasteiger partial charge in [0, 0.05) is 16.1 Å². The molecule has 0 radical (unpaired) electrons. The molecule has 0 saturated heterocycles. The number of hydrogen-bond donors (Lipinski definition) is 1. The van der Waals surface area contributed by atoms with Crippen LogP contribution >= 0.6 is 23.4 Å². The van der Waals surface area contributed by atoms with Gasteiger partial charge in [0.05, 0.1) is 5.25 Å². The zero-order chi connectivity index (χ0) is 15.8. The number of rotatable bonds is 7. The lowest BCUT2D eigenvalue weighted by atomic mass is 10.2. The summed E-state index contributed by atoms with van der Waals surface area (Å²) in [5.41, 5.74) is 0. The fourth-order valence-electron chi connectivity index (χ4n) is 1.95. The molecule has 0 fully saturated rings. The number of carbonyl (C=O) groups is 1. The van der Waals surface area contributed by atoms with Crippen molar-refractivity contribution in [2.45, 2.75) is 36.3 Å². The van der Waals surface area contributed by atoms with Crippen LogP contribution in [0.2, 0.25) is 5.02 Å². The van der Waals surface area contributed by atoms with Crippen molar-refractivity contribution < 1.29 is 4.79 Å². The summed E-state index contributed by atoms with van der Waals surface area (Å²) in [6.45, 7) is 2.13. The third-order valence-electron chi connectivity index (χ3n) is 3.12. The van der Waals surface area contributed by atoms with Gasteiger partial charge >= 0.3 is 0 Å². The van der Waals surface area contributed by atoms with Gasteiger partial charge in [-0.25, -0.2) is 4.98 Å². The van der Waals surface area contributed by atoms with Crippen molar-refractivity contribution in [3.8, 4) is 0 Å². The molecule has 0 aliphatic heterocycles. The van der Waals surface area contributed by atoms with Gasteiger partial charge in [-0.3, -0.25) is 4.79 Å². The van der Waals surface area contributed by atoms with E-state index in [2.05, 4.69) is 17.2 Å². The number of benzene rings is 1. The number of unbranched alkanes of at least 4 members (excludes halogenated alkanes) is 1. The second-order valence-electron chi connectivity index (χ2n) is 4.91. The maximum absolute atomic E-state index is 12.5. The molecule has 1 heterocycles. The van der Waals surface area contributed by atoms with Gasteiger partial charge in [0.2, 0.25) is 5.91 Å². The fraction of sp³-hybridized carbons (Fsp3) is 0.294. The van der Waals surface area contributed by atoms with Crippen molar-refractivity contribution in [2.24, 2.45) is 0 Å². The minimum atomic E-state index is -0.136. The van der Waals surface area contributed by atoms with Crippen molar-refractivity contribution in [3.05, 3.63) is 53.7 Å². The molecule has 0 aliphatic rings. The molecule has 1 atom stereocenters. The molecule has 22 heavy (non-hydrogen) atoms. The highest BCUT2D eigenvalue weighted by atomic mass is 35.5. The second kappa shape index (κ2) is 8.81. The number of pyridine rings is 1. The summed E-state index contributed by atoms with van der Waals surface area (Å²) in [6.07, 6.45) is 4.58. The van der Waals surface area contributed by atoms with Crippen LogP contribution in [0.1, 0.15) is 26.2 Å². The number of halogens is 1. The molecule has 5 heteroatoms. The maximum atomic E-state index is 12.5. The standard InChI is InChI=1S/C17H19ClN2OS/c1-2-3-6-15(22-14-10-8-13(18)9-11-14)17(21)20-16-7-4-5-12-19-16/h4-5,7-12,15H,2-3,6H2,1H3,(H,19,20,21). The Morgan fingerprint density at radius 1 is 1.27 bits per heavy atom. The number of carbonyl (C=O) groups excluding carboxylic acids is 1. The quantitative estimate of drug-likeness (QED) is 0.722. The Morgan fingerprint density at radius 3 is 2.68 bits per heavy atom. The molecule has 1 N–H and O–H groups in total. The molecule has 0 bridgehead atoms. The molecule has 1 aromatic carbocycles. The fourth-order valence-corrected chi connectivity index (χ4v) is 3.15. The van der Waals surface area contributed by atoms with E-state index < -0.39 is 0 Å². The zero-order valence-corrected chi connectivity index (χ0v) is 14.0. The van der Waals surface area contributed by atoms with E-state index in [0.717, 1.165) is 24.2 Å².